The van der Waals surface area contributed by atoms with Gasteiger partial charge < -0.3 is 15.4 Å². The topological polar surface area (TPSA) is 50.4 Å². The van der Waals surface area contributed by atoms with E-state index < -0.39 is 0 Å². The fourth-order valence-electron chi connectivity index (χ4n) is 1.53. The second-order valence-corrected chi connectivity index (χ2v) is 5.98. The molecule has 0 saturated heterocycles. The van der Waals surface area contributed by atoms with Gasteiger partial charge in [-0.2, -0.15) is 0 Å². The first-order valence-electron chi connectivity index (χ1n) is 5.81. The lowest BCUT2D eigenvalue weighted by molar-refractivity contribution is 0.231. The maximum absolute atomic E-state index is 11.7. The second-order valence-electron chi connectivity index (χ2n) is 5.14. The lowest BCUT2D eigenvalue weighted by atomic mass is 10.1. The summed E-state index contributed by atoms with van der Waals surface area (Å²) in [4.78, 5) is 11.7. The summed E-state index contributed by atoms with van der Waals surface area (Å²) < 4.78 is 5.20. The van der Waals surface area contributed by atoms with Crippen molar-refractivity contribution >= 4 is 29.2 Å². The number of benzene rings is 1. The number of urea groups is 1. The lowest BCUT2D eigenvalue weighted by Crippen LogP contribution is -2.46. The molecule has 1 rings (SSSR count). The Morgan fingerprint density at radius 3 is 2.47 bits per heavy atom. The Labute approximate surface area is 123 Å². The normalized spacial score (nSPS) is 11.1. The number of halogens is 2. The van der Waals surface area contributed by atoms with Crippen LogP contribution in [0, 0.1) is 0 Å². The van der Waals surface area contributed by atoms with Crippen LogP contribution >= 0.6 is 23.2 Å². The molecule has 0 aliphatic rings. The summed E-state index contributed by atoms with van der Waals surface area (Å²) in [5.41, 5.74) is 0.434. The van der Waals surface area contributed by atoms with Crippen LogP contribution in [-0.4, -0.2) is 18.7 Å². The van der Waals surface area contributed by atoms with Gasteiger partial charge in [-0.05, 0) is 32.9 Å². The minimum Gasteiger partial charge on any atom is -0.495 e. The minimum absolute atomic E-state index is 0.259. The number of amides is 2. The number of rotatable bonds is 3. The van der Waals surface area contributed by atoms with Crippen LogP contribution < -0.4 is 15.4 Å². The van der Waals surface area contributed by atoms with Crippen molar-refractivity contribution in [3.05, 3.63) is 27.7 Å². The van der Waals surface area contributed by atoms with Crippen molar-refractivity contribution in [1.29, 1.82) is 0 Å². The number of hydrogen-bond donors (Lipinski definition) is 2. The summed E-state index contributed by atoms with van der Waals surface area (Å²) in [6, 6.07) is 3.05. The van der Waals surface area contributed by atoms with Gasteiger partial charge in [-0.3, -0.25) is 0 Å². The average molecular weight is 305 g/mol. The first-order chi connectivity index (χ1) is 8.73. The molecule has 106 valence electrons. The zero-order valence-electron chi connectivity index (χ0n) is 11.4. The van der Waals surface area contributed by atoms with Crippen molar-refractivity contribution in [3.8, 4) is 5.75 Å². The third-order valence-electron chi connectivity index (χ3n) is 2.22. The van der Waals surface area contributed by atoms with Crippen molar-refractivity contribution < 1.29 is 9.53 Å². The van der Waals surface area contributed by atoms with Crippen molar-refractivity contribution in [3.63, 3.8) is 0 Å². The van der Waals surface area contributed by atoms with Gasteiger partial charge in [0.25, 0.3) is 0 Å². The highest BCUT2D eigenvalue weighted by atomic mass is 35.5. The van der Waals surface area contributed by atoms with Gasteiger partial charge in [0, 0.05) is 22.7 Å². The van der Waals surface area contributed by atoms with Gasteiger partial charge >= 0.3 is 6.03 Å². The summed E-state index contributed by atoms with van der Waals surface area (Å²) in [5.74, 6) is 0.516. The number of carbonyl (C=O) groups is 1. The van der Waals surface area contributed by atoms with Crippen LogP contribution in [0.25, 0.3) is 0 Å². The van der Waals surface area contributed by atoms with E-state index in [1.807, 2.05) is 20.8 Å². The van der Waals surface area contributed by atoms with Crippen molar-refractivity contribution in [2.45, 2.75) is 32.9 Å². The zero-order valence-corrected chi connectivity index (χ0v) is 12.9. The number of ether oxygens (including phenoxy) is 1. The first kappa shape index (κ1) is 15.9. The monoisotopic (exact) mass is 304 g/mol. The van der Waals surface area contributed by atoms with E-state index >= 15 is 0 Å². The smallest absolute Gasteiger partial charge is 0.315 e. The van der Waals surface area contributed by atoms with E-state index in [9.17, 15) is 4.79 Å². The van der Waals surface area contributed by atoms with Crippen LogP contribution in [0.15, 0.2) is 12.1 Å². The molecule has 0 spiro atoms. The van der Waals surface area contributed by atoms with Crippen LogP contribution in [0.3, 0.4) is 0 Å². The number of hydrogen-bond acceptors (Lipinski definition) is 2. The van der Waals surface area contributed by atoms with Crippen LogP contribution in [0.5, 0.6) is 5.75 Å². The van der Waals surface area contributed by atoms with Crippen molar-refractivity contribution in [2.24, 2.45) is 0 Å². The Hall–Kier alpha value is -1.13. The molecule has 0 saturated carbocycles. The molecule has 0 radical (unpaired) electrons. The van der Waals surface area contributed by atoms with Crippen LogP contribution in [0.1, 0.15) is 26.3 Å². The second kappa shape index (κ2) is 6.35. The molecule has 0 aromatic heterocycles. The highest BCUT2D eigenvalue weighted by Crippen LogP contribution is 2.31. The molecule has 0 bridgehead atoms. The summed E-state index contributed by atoms with van der Waals surface area (Å²) >= 11 is 12.0. The van der Waals surface area contributed by atoms with E-state index in [2.05, 4.69) is 10.6 Å². The Balaban J connectivity index is 2.75. The van der Waals surface area contributed by atoms with Gasteiger partial charge in [0.05, 0.1) is 12.1 Å². The Morgan fingerprint density at radius 2 is 1.95 bits per heavy atom. The van der Waals surface area contributed by atoms with Crippen LogP contribution in [-0.2, 0) is 6.54 Å². The maximum Gasteiger partial charge on any atom is 0.315 e. The lowest BCUT2D eigenvalue weighted by Gasteiger charge is -2.21. The fraction of sp³-hybridized carbons (Fsp3) is 0.462. The van der Waals surface area contributed by atoms with Crippen LogP contribution in [0.2, 0.25) is 10.0 Å². The molecule has 0 aliphatic carbocycles. The number of nitrogens with one attached hydrogen (secondary N) is 2. The highest BCUT2D eigenvalue weighted by molar-refractivity contribution is 6.35. The molecule has 1 aromatic rings. The highest BCUT2D eigenvalue weighted by Gasteiger charge is 2.15. The number of methoxy groups -OCH3 is 1. The predicted octanol–water partition coefficient (Wildman–Crippen LogP) is 3.60. The molecular formula is C13H18Cl2N2O2. The molecule has 2 amide bonds. The van der Waals surface area contributed by atoms with Gasteiger partial charge in [0.1, 0.15) is 5.75 Å². The summed E-state index contributed by atoms with van der Waals surface area (Å²) in [6.45, 7) is 6.00. The van der Waals surface area contributed by atoms with Crippen LogP contribution in [0.4, 0.5) is 4.79 Å². The third-order valence-corrected chi connectivity index (χ3v) is 2.72. The van der Waals surface area contributed by atoms with Gasteiger partial charge in [-0.1, -0.05) is 23.2 Å². The van der Waals surface area contributed by atoms with Gasteiger partial charge in [-0.15, -0.1) is 0 Å². The molecule has 0 heterocycles. The van der Waals surface area contributed by atoms with E-state index in [1.165, 1.54) is 7.11 Å². The molecular weight excluding hydrogens is 287 g/mol. The van der Waals surface area contributed by atoms with Crippen molar-refractivity contribution in [1.82, 2.24) is 10.6 Å². The molecule has 2 N–H and O–H groups in total. The first-order valence-corrected chi connectivity index (χ1v) is 6.56. The molecule has 1 aromatic carbocycles. The average Bonchev–Trinajstić information content (AvgIpc) is 2.23. The summed E-state index contributed by atoms with van der Waals surface area (Å²) in [7, 11) is 1.52. The Bertz CT molecular complexity index is 470. The third kappa shape index (κ3) is 5.17. The van der Waals surface area contributed by atoms with E-state index in [0.29, 0.717) is 15.8 Å². The van der Waals surface area contributed by atoms with E-state index in [4.69, 9.17) is 27.9 Å². The van der Waals surface area contributed by atoms with Gasteiger partial charge in [-0.25, -0.2) is 4.79 Å². The van der Waals surface area contributed by atoms with E-state index in [-0.39, 0.29) is 18.1 Å². The van der Waals surface area contributed by atoms with Gasteiger partial charge in [0.15, 0.2) is 0 Å². The molecule has 6 heteroatoms. The van der Waals surface area contributed by atoms with Crippen molar-refractivity contribution in [2.75, 3.05) is 7.11 Å². The summed E-state index contributed by atoms with van der Waals surface area (Å²) in [6.07, 6.45) is 0. The molecule has 4 nitrogen and oxygen atoms in total. The van der Waals surface area contributed by atoms with E-state index in [1.54, 1.807) is 12.1 Å². The quantitative estimate of drug-likeness (QED) is 0.896. The zero-order chi connectivity index (χ0) is 14.6. The predicted molar refractivity (Wildman–Crippen MR) is 78.1 cm³/mol. The molecule has 0 atom stereocenters. The van der Waals surface area contributed by atoms with E-state index in [0.717, 1.165) is 5.56 Å². The maximum atomic E-state index is 11.7. The number of carbonyl (C=O) groups excluding carboxylic acids is 1. The van der Waals surface area contributed by atoms with Gasteiger partial charge in [0.2, 0.25) is 0 Å². The molecule has 0 unspecified atom stereocenters. The SMILES string of the molecule is COc1c(Cl)cc(Cl)cc1CNC(=O)NC(C)(C)C. The molecule has 0 aliphatic heterocycles. The minimum atomic E-state index is -0.292. The molecule has 0 fully saturated rings. The standard InChI is InChI=1S/C13H18Cl2N2O2/c1-13(2,3)17-12(18)16-7-8-5-9(14)6-10(15)11(8)19-4/h5-6H,7H2,1-4H3,(H2,16,17,18). The fourth-order valence-corrected chi connectivity index (χ4v) is 2.15. The Kier molecular flexibility index (Phi) is 5.32. The summed E-state index contributed by atoms with van der Waals surface area (Å²) in [5, 5.41) is 6.45. The largest absolute Gasteiger partial charge is 0.495 e. The molecule has 19 heavy (non-hydrogen) atoms. The Morgan fingerprint density at radius 1 is 1.32 bits per heavy atom.